The maximum Gasteiger partial charge on any atom is 0.166 e. The van der Waals surface area contributed by atoms with Crippen LogP contribution in [0.4, 0.5) is 0 Å². The number of likely N-dealkylation sites (N-methyl/N-ethyl adjacent to an activating group) is 1. The van der Waals surface area contributed by atoms with Crippen LogP contribution in [-0.4, -0.2) is 37.2 Å². The van der Waals surface area contributed by atoms with Gasteiger partial charge in [-0.05, 0) is 50.9 Å². The van der Waals surface area contributed by atoms with Gasteiger partial charge < -0.3 is 15.5 Å². The van der Waals surface area contributed by atoms with Crippen molar-refractivity contribution in [3.8, 4) is 0 Å². The van der Waals surface area contributed by atoms with Gasteiger partial charge in [0.25, 0.3) is 0 Å². The van der Waals surface area contributed by atoms with Gasteiger partial charge >= 0.3 is 0 Å². The van der Waals surface area contributed by atoms with Gasteiger partial charge in [-0.3, -0.25) is 0 Å². The monoisotopic (exact) mass is 285 g/mol. The second kappa shape index (κ2) is 7.56. The summed E-state index contributed by atoms with van der Waals surface area (Å²) in [5.74, 6) is 0. The average Bonchev–Trinajstić information content (AvgIpc) is 2.29. The minimum Gasteiger partial charge on any atom is -0.361 e. The van der Waals surface area contributed by atoms with Crippen molar-refractivity contribution in [2.24, 2.45) is 0 Å². The molecule has 0 aliphatic heterocycles. The molecule has 1 atom stereocenters. The van der Waals surface area contributed by atoms with Crippen molar-refractivity contribution >= 4 is 28.9 Å². The Kier molecular flexibility index (Phi) is 6.39. The summed E-state index contributed by atoms with van der Waals surface area (Å²) in [5.41, 5.74) is 1.16. The minimum absolute atomic E-state index is 0.168. The lowest BCUT2D eigenvalue weighted by molar-refractivity contribution is 0.412. The lowest BCUT2D eigenvalue weighted by atomic mass is 10.1. The normalized spacial score (nSPS) is 12.3. The number of hydrogen-bond acceptors (Lipinski definition) is 2. The molecule has 1 aromatic carbocycles. The summed E-state index contributed by atoms with van der Waals surface area (Å²) >= 11 is 11.1. The number of nitrogens with zero attached hydrogens (tertiary/aromatic N) is 1. The fourth-order valence-electron chi connectivity index (χ4n) is 1.48. The number of hydrogen-bond donors (Lipinski definition) is 2. The smallest absolute Gasteiger partial charge is 0.166 e. The Labute approximate surface area is 120 Å². The number of benzene rings is 1. The number of halogens is 1. The average molecular weight is 286 g/mol. The standard InChI is InChI=1S/C13H20ClN3S/c1-10(11-4-6-12(14)7-5-11)16-13(18)15-8-9-17(2)3/h4-7,10H,8-9H2,1-3H3,(H2,15,16,18)/t10-/m0/s1. The van der Waals surface area contributed by atoms with Gasteiger partial charge in [-0.1, -0.05) is 23.7 Å². The highest BCUT2D eigenvalue weighted by Gasteiger charge is 2.06. The maximum absolute atomic E-state index is 5.86. The van der Waals surface area contributed by atoms with Gasteiger partial charge in [0, 0.05) is 18.1 Å². The molecule has 0 amide bonds. The summed E-state index contributed by atoms with van der Waals surface area (Å²) in [6.45, 7) is 3.87. The Morgan fingerprint density at radius 3 is 2.50 bits per heavy atom. The molecule has 1 aromatic rings. The summed E-state index contributed by atoms with van der Waals surface area (Å²) < 4.78 is 0. The molecule has 5 heteroatoms. The molecule has 0 radical (unpaired) electrons. The molecule has 0 aromatic heterocycles. The first kappa shape index (κ1) is 15.2. The van der Waals surface area contributed by atoms with Gasteiger partial charge in [0.15, 0.2) is 5.11 Å². The molecule has 0 spiro atoms. The predicted octanol–water partition coefficient (Wildman–Crippen LogP) is 2.43. The fourth-order valence-corrected chi connectivity index (χ4v) is 1.88. The van der Waals surface area contributed by atoms with Crippen molar-refractivity contribution in [3.63, 3.8) is 0 Å². The van der Waals surface area contributed by atoms with Crippen LogP contribution in [0.15, 0.2) is 24.3 Å². The van der Waals surface area contributed by atoms with Gasteiger partial charge in [0.2, 0.25) is 0 Å². The van der Waals surface area contributed by atoms with Crippen LogP contribution >= 0.6 is 23.8 Å². The van der Waals surface area contributed by atoms with E-state index in [2.05, 4.69) is 22.5 Å². The zero-order chi connectivity index (χ0) is 13.5. The van der Waals surface area contributed by atoms with E-state index in [4.69, 9.17) is 23.8 Å². The lowest BCUT2D eigenvalue weighted by Gasteiger charge is -2.18. The van der Waals surface area contributed by atoms with Crippen LogP contribution in [-0.2, 0) is 0 Å². The molecular formula is C13H20ClN3S. The van der Waals surface area contributed by atoms with E-state index in [9.17, 15) is 0 Å². The second-order valence-electron chi connectivity index (χ2n) is 4.48. The molecule has 3 nitrogen and oxygen atoms in total. The van der Waals surface area contributed by atoms with Crippen LogP contribution in [0.2, 0.25) is 5.02 Å². The summed E-state index contributed by atoms with van der Waals surface area (Å²) in [4.78, 5) is 2.11. The zero-order valence-corrected chi connectivity index (χ0v) is 12.6. The largest absolute Gasteiger partial charge is 0.361 e. The third kappa shape index (κ3) is 5.67. The Hall–Kier alpha value is -0.840. The molecule has 0 bridgehead atoms. The van der Waals surface area contributed by atoms with Gasteiger partial charge in [-0.25, -0.2) is 0 Å². The van der Waals surface area contributed by atoms with Crippen molar-refractivity contribution in [2.75, 3.05) is 27.2 Å². The molecular weight excluding hydrogens is 266 g/mol. The molecule has 18 heavy (non-hydrogen) atoms. The quantitative estimate of drug-likeness (QED) is 0.813. The zero-order valence-electron chi connectivity index (χ0n) is 11.0. The van der Waals surface area contributed by atoms with E-state index in [0.29, 0.717) is 5.11 Å². The van der Waals surface area contributed by atoms with Crippen LogP contribution in [0.3, 0.4) is 0 Å². The summed E-state index contributed by atoms with van der Waals surface area (Å²) in [6.07, 6.45) is 0. The molecule has 100 valence electrons. The van der Waals surface area contributed by atoms with E-state index in [0.717, 1.165) is 23.7 Å². The van der Waals surface area contributed by atoms with E-state index in [-0.39, 0.29) is 6.04 Å². The SMILES string of the molecule is C[C@H](NC(=S)NCCN(C)C)c1ccc(Cl)cc1. The van der Waals surface area contributed by atoms with E-state index < -0.39 is 0 Å². The van der Waals surface area contributed by atoms with E-state index in [1.807, 2.05) is 38.4 Å². The molecule has 0 unspecified atom stereocenters. The molecule has 0 saturated carbocycles. The molecule has 0 aliphatic carbocycles. The van der Waals surface area contributed by atoms with Crippen LogP contribution in [0.25, 0.3) is 0 Å². The minimum atomic E-state index is 0.168. The summed E-state index contributed by atoms with van der Waals surface area (Å²) in [5, 5.41) is 7.85. The third-order valence-corrected chi connectivity index (χ3v) is 3.08. The van der Waals surface area contributed by atoms with E-state index in [1.165, 1.54) is 0 Å². The molecule has 0 heterocycles. The fraction of sp³-hybridized carbons (Fsp3) is 0.462. The third-order valence-electron chi connectivity index (χ3n) is 2.56. The van der Waals surface area contributed by atoms with Crippen LogP contribution in [0, 0.1) is 0 Å². The van der Waals surface area contributed by atoms with Crippen LogP contribution in [0.5, 0.6) is 0 Å². The number of thiocarbonyl (C=S) groups is 1. The van der Waals surface area contributed by atoms with Crippen molar-refractivity contribution < 1.29 is 0 Å². The highest BCUT2D eigenvalue weighted by molar-refractivity contribution is 7.80. The molecule has 0 fully saturated rings. The Bertz CT molecular complexity index is 378. The molecule has 2 N–H and O–H groups in total. The van der Waals surface area contributed by atoms with E-state index >= 15 is 0 Å². The Balaban J connectivity index is 2.37. The number of nitrogens with one attached hydrogen (secondary N) is 2. The first-order valence-corrected chi connectivity index (χ1v) is 6.72. The second-order valence-corrected chi connectivity index (χ2v) is 5.32. The first-order chi connectivity index (χ1) is 8.49. The van der Waals surface area contributed by atoms with E-state index in [1.54, 1.807) is 0 Å². The van der Waals surface area contributed by atoms with Crippen LogP contribution in [0.1, 0.15) is 18.5 Å². The van der Waals surface area contributed by atoms with Gasteiger partial charge in [0.1, 0.15) is 0 Å². The molecule has 0 aliphatic rings. The van der Waals surface area contributed by atoms with Crippen molar-refractivity contribution in [1.29, 1.82) is 0 Å². The topological polar surface area (TPSA) is 27.3 Å². The van der Waals surface area contributed by atoms with Crippen molar-refractivity contribution in [2.45, 2.75) is 13.0 Å². The number of rotatable bonds is 5. The highest BCUT2D eigenvalue weighted by atomic mass is 35.5. The first-order valence-electron chi connectivity index (χ1n) is 5.93. The summed E-state index contributed by atoms with van der Waals surface area (Å²) in [7, 11) is 4.07. The van der Waals surface area contributed by atoms with Crippen molar-refractivity contribution in [1.82, 2.24) is 15.5 Å². The Morgan fingerprint density at radius 1 is 1.33 bits per heavy atom. The highest BCUT2D eigenvalue weighted by Crippen LogP contribution is 2.15. The molecule has 0 saturated heterocycles. The van der Waals surface area contributed by atoms with Gasteiger partial charge in [-0.2, -0.15) is 0 Å². The Morgan fingerprint density at radius 2 is 1.94 bits per heavy atom. The van der Waals surface area contributed by atoms with Crippen LogP contribution < -0.4 is 10.6 Å². The molecule has 1 rings (SSSR count). The summed E-state index contributed by atoms with van der Waals surface area (Å²) in [6, 6.07) is 7.95. The van der Waals surface area contributed by atoms with Gasteiger partial charge in [-0.15, -0.1) is 0 Å². The predicted molar refractivity (Wildman–Crippen MR) is 82.2 cm³/mol. The van der Waals surface area contributed by atoms with Gasteiger partial charge in [0.05, 0.1) is 6.04 Å². The van der Waals surface area contributed by atoms with Crippen molar-refractivity contribution in [3.05, 3.63) is 34.9 Å². The lowest BCUT2D eigenvalue weighted by Crippen LogP contribution is -2.39. The maximum atomic E-state index is 5.86.